The molecular formula is C29H32F3N8O2. The van der Waals surface area contributed by atoms with Crippen molar-refractivity contribution in [3.63, 3.8) is 0 Å². The monoisotopic (exact) mass is 581 g/mol. The summed E-state index contributed by atoms with van der Waals surface area (Å²) in [7, 11) is 0. The quantitative estimate of drug-likeness (QED) is 0.348. The Morgan fingerprint density at radius 1 is 1.05 bits per heavy atom. The first-order valence-electron chi connectivity index (χ1n) is 14.4. The minimum absolute atomic E-state index is 0.0564. The van der Waals surface area contributed by atoms with Crippen molar-refractivity contribution in [2.45, 2.75) is 50.6 Å². The molecule has 3 fully saturated rings. The van der Waals surface area contributed by atoms with Gasteiger partial charge in [0.05, 0.1) is 31.1 Å². The molecule has 221 valence electrons. The molecule has 0 unspecified atom stereocenters. The van der Waals surface area contributed by atoms with Crippen molar-refractivity contribution in [3.05, 3.63) is 60.4 Å². The van der Waals surface area contributed by atoms with Crippen molar-refractivity contribution >= 4 is 11.0 Å². The number of likely N-dealkylation sites (tertiary alicyclic amines) is 1. The molecule has 7 rings (SSSR count). The third-order valence-electron chi connectivity index (χ3n) is 8.42. The number of hydrogen-bond acceptors (Lipinski definition) is 8. The molecule has 0 spiro atoms. The highest BCUT2D eigenvalue weighted by Gasteiger charge is 2.38. The van der Waals surface area contributed by atoms with Crippen LogP contribution in [0.2, 0.25) is 0 Å². The van der Waals surface area contributed by atoms with Gasteiger partial charge in [0.2, 0.25) is 5.88 Å². The summed E-state index contributed by atoms with van der Waals surface area (Å²) in [5.74, 6) is 0.0564. The number of H-pyrrole nitrogens is 1. The van der Waals surface area contributed by atoms with Gasteiger partial charge in [0, 0.05) is 68.2 Å². The molecule has 2 aliphatic heterocycles. The number of nitrogens with zero attached hydrogens (tertiary/aromatic N) is 7. The Morgan fingerprint density at radius 2 is 1.86 bits per heavy atom. The molecule has 3 aliphatic rings. The van der Waals surface area contributed by atoms with Crippen molar-refractivity contribution in [1.29, 1.82) is 0 Å². The van der Waals surface area contributed by atoms with Gasteiger partial charge < -0.3 is 14.5 Å². The number of nitrogens with one attached hydrogen (secondary N) is 1. The fourth-order valence-corrected chi connectivity index (χ4v) is 6.05. The van der Waals surface area contributed by atoms with E-state index in [0.717, 1.165) is 67.1 Å². The van der Waals surface area contributed by atoms with Gasteiger partial charge >= 0.3 is 6.18 Å². The van der Waals surface area contributed by atoms with Gasteiger partial charge in [0.25, 0.3) is 0 Å². The van der Waals surface area contributed by atoms with Crippen LogP contribution in [0.25, 0.3) is 22.3 Å². The molecule has 6 heterocycles. The first-order valence-corrected chi connectivity index (χ1v) is 14.4. The topological polar surface area (TPSA) is 97.2 Å². The molecule has 10 nitrogen and oxygen atoms in total. The second-order valence-corrected chi connectivity index (χ2v) is 11.2. The summed E-state index contributed by atoms with van der Waals surface area (Å²) in [4.78, 5) is 20.2. The first-order chi connectivity index (χ1) is 20.4. The Kier molecular flexibility index (Phi) is 7.32. The third kappa shape index (κ3) is 5.72. The number of pyridine rings is 1. The van der Waals surface area contributed by atoms with Crippen LogP contribution in [0.3, 0.4) is 0 Å². The van der Waals surface area contributed by atoms with Gasteiger partial charge in [-0.3, -0.25) is 14.5 Å². The molecule has 4 aromatic heterocycles. The van der Waals surface area contributed by atoms with E-state index in [1.165, 1.54) is 6.04 Å². The second kappa shape index (κ2) is 11.3. The molecule has 0 atom stereocenters. The standard InChI is InChI=1S/C29H32F3N8O2/c30-29(31,32)25-11-19(16-38-7-9-41-10-8-38)12-26(37-25)42-23-2-5-39(6-3-23)21-13-22(14-21)40-17-20(15-36-40)27-24-1-4-33-28(24)35-18-34-27/h1,4,11-12,15,17-18,21,23H,2-3,5-10,13-14,16H2,(H,33,34,35). The van der Waals surface area contributed by atoms with E-state index in [1.54, 1.807) is 12.4 Å². The molecule has 2 saturated heterocycles. The lowest BCUT2D eigenvalue weighted by Crippen LogP contribution is -2.50. The van der Waals surface area contributed by atoms with Gasteiger partial charge in [-0.1, -0.05) is 0 Å². The average Bonchev–Trinajstić information content (AvgIpc) is 3.63. The largest absolute Gasteiger partial charge is 0.474 e. The van der Waals surface area contributed by atoms with Crippen LogP contribution in [0.15, 0.2) is 43.1 Å². The third-order valence-corrected chi connectivity index (χ3v) is 8.42. The number of ether oxygens (including phenoxy) is 2. The van der Waals surface area contributed by atoms with Crippen molar-refractivity contribution in [3.8, 4) is 17.1 Å². The van der Waals surface area contributed by atoms with E-state index in [-0.39, 0.29) is 12.0 Å². The molecule has 0 aromatic carbocycles. The summed E-state index contributed by atoms with van der Waals surface area (Å²) in [6, 6.07) is 6.44. The maximum absolute atomic E-state index is 13.6. The zero-order chi connectivity index (χ0) is 28.7. The highest BCUT2D eigenvalue weighted by molar-refractivity contribution is 5.90. The van der Waals surface area contributed by atoms with E-state index >= 15 is 0 Å². The van der Waals surface area contributed by atoms with E-state index in [2.05, 4.69) is 34.8 Å². The number of fused-ring (bicyclic) bond motifs is 1. The lowest BCUT2D eigenvalue weighted by atomic mass is 9.84. The van der Waals surface area contributed by atoms with Crippen LogP contribution in [0, 0.1) is 6.04 Å². The van der Waals surface area contributed by atoms with E-state index in [4.69, 9.17) is 9.47 Å². The second-order valence-electron chi connectivity index (χ2n) is 11.2. The zero-order valence-electron chi connectivity index (χ0n) is 23.1. The van der Waals surface area contributed by atoms with Gasteiger partial charge in [0.15, 0.2) is 0 Å². The summed E-state index contributed by atoms with van der Waals surface area (Å²) >= 11 is 0. The predicted octanol–water partition coefficient (Wildman–Crippen LogP) is 4.15. The molecule has 0 amide bonds. The Hall–Kier alpha value is -3.55. The molecule has 13 heteroatoms. The maximum Gasteiger partial charge on any atom is 0.433 e. The number of rotatable bonds is 7. The number of morpholine rings is 1. The van der Waals surface area contributed by atoms with Gasteiger partial charge in [0.1, 0.15) is 23.8 Å². The van der Waals surface area contributed by atoms with Crippen molar-refractivity contribution in [2.24, 2.45) is 0 Å². The summed E-state index contributed by atoms with van der Waals surface area (Å²) in [5, 5.41) is 5.55. The minimum Gasteiger partial charge on any atom is -0.474 e. The smallest absolute Gasteiger partial charge is 0.433 e. The van der Waals surface area contributed by atoms with Crippen LogP contribution in [0.5, 0.6) is 5.88 Å². The van der Waals surface area contributed by atoms with Crippen molar-refractivity contribution < 1.29 is 22.6 Å². The fraction of sp³-hybridized carbons (Fsp3) is 0.483. The van der Waals surface area contributed by atoms with E-state index < -0.39 is 11.9 Å². The van der Waals surface area contributed by atoms with Gasteiger partial charge in [-0.25, -0.2) is 15.0 Å². The summed E-state index contributed by atoms with van der Waals surface area (Å²) < 4.78 is 54.2. The molecule has 4 aromatic rings. The number of alkyl halides is 3. The van der Waals surface area contributed by atoms with E-state index in [0.29, 0.717) is 44.5 Å². The molecule has 1 saturated carbocycles. The van der Waals surface area contributed by atoms with Crippen LogP contribution < -0.4 is 4.74 Å². The lowest BCUT2D eigenvalue weighted by Gasteiger charge is -2.45. The zero-order valence-corrected chi connectivity index (χ0v) is 23.1. The minimum atomic E-state index is -4.53. The van der Waals surface area contributed by atoms with Crippen LogP contribution >= 0.6 is 0 Å². The molecule has 42 heavy (non-hydrogen) atoms. The maximum atomic E-state index is 13.6. The molecule has 1 aliphatic carbocycles. The number of halogens is 3. The Bertz CT molecular complexity index is 1520. The van der Waals surface area contributed by atoms with Crippen LogP contribution in [-0.2, 0) is 17.5 Å². The SMILES string of the molecule is FC(F)(F)c1cc(CN2CCOCC2)cc(OC2CCN(C3C[C](n4cc(-c5ncnc6[nH]ccc56)cn4)C3)CC2)n1. The number of aromatic nitrogens is 6. The predicted molar refractivity (Wildman–Crippen MR) is 147 cm³/mol. The molecule has 1 radical (unpaired) electrons. The first kappa shape index (κ1) is 27.3. The van der Waals surface area contributed by atoms with E-state index in [1.807, 2.05) is 29.3 Å². The Morgan fingerprint density at radius 3 is 2.64 bits per heavy atom. The summed E-state index contributed by atoms with van der Waals surface area (Å²) in [6.45, 7) is 4.64. The normalized spacial score (nSPS) is 20.3. The van der Waals surface area contributed by atoms with Gasteiger partial charge in [-0.2, -0.15) is 18.3 Å². The average molecular weight is 582 g/mol. The van der Waals surface area contributed by atoms with Crippen molar-refractivity contribution in [2.75, 3.05) is 39.4 Å². The van der Waals surface area contributed by atoms with Crippen LogP contribution in [-0.4, -0.2) is 91.1 Å². The van der Waals surface area contributed by atoms with Gasteiger partial charge in [-0.15, -0.1) is 0 Å². The highest BCUT2D eigenvalue weighted by Crippen LogP contribution is 2.37. The highest BCUT2D eigenvalue weighted by atomic mass is 19.4. The molecule has 0 bridgehead atoms. The Balaban J connectivity index is 0.933. The summed E-state index contributed by atoms with van der Waals surface area (Å²) in [5.41, 5.74) is 2.26. The number of aromatic amines is 1. The van der Waals surface area contributed by atoms with Crippen molar-refractivity contribution in [1.82, 2.24) is 39.5 Å². The number of piperidine rings is 1. The fourth-order valence-electron chi connectivity index (χ4n) is 6.05. The van der Waals surface area contributed by atoms with Crippen LogP contribution in [0.4, 0.5) is 13.2 Å². The Labute approximate surface area is 240 Å². The molecule has 1 N–H and O–H groups in total. The van der Waals surface area contributed by atoms with Crippen LogP contribution in [0.1, 0.15) is 36.9 Å². The molecular weight excluding hydrogens is 549 g/mol. The van der Waals surface area contributed by atoms with Gasteiger partial charge in [-0.05, 0) is 43.4 Å². The number of hydrogen-bond donors (Lipinski definition) is 1. The lowest BCUT2D eigenvalue weighted by molar-refractivity contribution is -0.141. The summed E-state index contributed by atoms with van der Waals surface area (Å²) in [6.07, 6.45) is 5.92. The van der Waals surface area contributed by atoms with E-state index in [9.17, 15) is 13.2 Å².